The smallest absolute Gasteiger partial charge is 0.137 e. The van der Waals surface area contributed by atoms with Crippen LogP contribution in [0.2, 0.25) is 0 Å². The Labute approximate surface area is 90.8 Å². The highest BCUT2D eigenvalue weighted by atomic mass is 16.1. The first kappa shape index (κ1) is 11.3. The summed E-state index contributed by atoms with van der Waals surface area (Å²) in [6, 6.07) is 9.61. The van der Waals surface area contributed by atoms with E-state index in [0.717, 1.165) is 5.56 Å². The Kier molecular flexibility index (Phi) is 3.50. The van der Waals surface area contributed by atoms with E-state index in [4.69, 9.17) is 0 Å². The van der Waals surface area contributed by atoms with Crippen molar-refractivity contribution in [2.24, 2.45) is 5.41 Å². The standard InChI is InChI=1S/C14H14O/c1-14(2,3)13(11-15)10-9-12-7-5-4-6-8-12/h4-8H,1-3H3. The van der Waals surface area contributed by atoms with Crippen LogP contribution in [-0.4, -0.2) is 5.94 Å². The molecule has 0 spiro atoms. The van der Waals surface area contributed by atoms with E-state index < -0.39 is 0 Å². The van der Waals surface area contributed by atoms with Crippen LogP contribution in [0.25, 0.3) is 0 Å². The predicted octanol–water partition coefficient (Wildman–Crippen LogP) is 2.84. The van der Waals surface area contributed by atoms with Crippen LogP contribution >= 0.6 is 0 Å². The molecular formula is C14H14O. The van der Waals surface area contributed by atoms with E-state index in [1.54, 1.807) is 0 Å². The number of benzene rings is 1. The monoisotopic (exact) mass is 198 g/mol. The van der Waals surface area contributed by atoms with Crippen molar-refractivity contribution < 1.29 is 4.79 Å². The molecule has 0 radical (unpaired) electrons. The average molecular weight is 198 g/mol. The number of carbonyl (C=O) groups excluding carboxylic acids is 1. The van der Waals surface area contributed by atoms with E-state index in [2.05, 4.69) is 11.8 Å². The molecule has 0 saturated heterocycles. The topological polar surface area (TPSA) is 17.1 Å². The zero-order valence-electron chi connectivity index (χ0n) is 9.29. The van der Waals surface area contributed by atoms with E-state index in [0.29, 0.717) is 5.57 Å². The molecule has 1 aromatic rings. The van der Waals surface area contributed by atoms with Crippen molar-refractivity contribution >= 4 is 5.94 Å². The number of allylic oxidation sites excluding steroid dienone is 1. The van der Waals surface area contributed by atoms with Gasteiger partial charge in [0.15, 0.2) is 0 Å². The molecule has 0 N–H and O–H groups in total. The van der Waals surface area contributed by atoms with Crippen LogP contribution < -0.4 is 0 Å². The van der Waals surface area contributed by atoms with Crippen LogP contribution in [0, 0.1) is 17.3 Å². The van der Waals surface area contributed by atoms with Gasteiger partial charge in [0, 0.05) is 11.0 Å². The molecule has 76 valence electrons. The fourth-order valence-corrected chi connectivity index (χ4v) is 1.02. The van der Waals surface area contributed by atoms with E-state index >= 15 is 0 Å². The zero-order valence-corrected chi connectivity index (χ0v) is 9.29. The quantitative estimate of drug-likeness (QED) is 0.463. The molecule has 0 heterocycles. The second-order valence-corrected chi connectivity index (χ2v) is 4.34. The Morgan fingerprint density at radius 2 is 1.73 bits per heavy atom. The van der Waals surface area contributed by atoms with Gasteiger partial charge in [-0.1, -0.05) is 50.8 Å². The Bertz CT molecular complexity index is 432. The van der Waals surface area contributed by atoms with Crippen LogP contribution in [-0.2, 0) is 4.79 Å². The van der Waals surface area contributed by atoms with Crippen molar-refractivity contribution in [3.05, 3.63) is 41.5 Å². The molecule has 0 bridgehead atoms. The molecule has 0 aliphatic heterocycles. The second kappa shape index (κ2) is 4.64. The first-order chi connectivity index (χ1) is 7.04. The molecule has 1 rings (SSSR count). The zero-order chi connectivity index (χ0) is 11.3. The van der Waals surface area contributed by atoms with Crippen LogP contribution in [0.3, 0.4) is 0 Å². The largest absolute Gasteiger partial charge is 0.232 e. The van der Waals surface area contributed by atoms with E-state index in [1.165, 1.54) is 0 Å². The average Bonchev–Trinajstić information content (AvgIpc) is 2.18. The van der Waals surface area contributed by atoms with Crippen molar-refractivity contribution in [3.8, 4) is 11.8 Å². The summed E-state index contributed by atoms with van der Waals surface area (Å²) in [5.74, 6) is 7.73. The van der Waals surface area contributed by atoms with E-state index in [-0.39, 0.29) is 5.41 Å². The second-order valence-electron chi connectivity index (χ2n) is 4.34. The van der Waals surface area contributed by atoms with Gasteiger partial charge in [-0.25, -0.2) is 4.79 Å². The van der Waals surface area contributed by atoms with E-state index in [1.807, 2.05) is 57.0 Å². The summed E-state index contributed by atoms with van der Waals surface area (Å²) in [5, 5.41) is 0. The normalized spacial score (nSPS) is 9.80. The Morgan fingerprint density at radius 1 is 1.13 bits per heavy atom. The maximum absolute atomic E-state index is 10.7. The summed E-state index contributed by atoms with van der Waals surface area (Å²) < 4.78 is 0. The summed E-state index contributed by atoms with van der Waals surface area (Å²) >= 11 is 0. The van der Waals surface area contributed by atoms with Crippen molar-refractivity contribution in [2.45, 2.75) is 20.8 Å². The third kappa shape index (κ3) is 3.46. The lowest BCUT2D eigenvalue weighted by Crippen LogP contribution is -2.08. The number of hydrogen-bond acceptors (Lipinski definition) is 1. The molecule has 0 saturated carbocycles. The third-order valence-corrected chi connectivity index (χ3v) is 1.96. The highest BCUT2D eigenvalue weighted by Crippen LogP contribution is 2.21. The van der Waals surface area contributed by atoms with Gasteiger partial charge in [0.05, 0.1) is 5.57 Å². The molecule has 0 aromatic heterocycles. The van der Waals surface area contributed by atoms with Gasteiger partial charge in [-0.3, -0.25) is 0 Å². The van der Waals surface area contributed by atoms with Crippen LogP contribution in [0.1, 0.15) is 26.3 Å². The van der Waals surface area contributed by atoms with Gasteiger partial charge in [0.25, 0.3) is 0 Å². The molecule has 1 aromatic carbocycles. The molecule has 1 heteroatoms. The molecular weight excluding hydrogens is 184 g/mol. The van der Waals surface area contributed by atoms with Gasteiger partial charge < -0.3 is 0 Å². The maximum atomic E-state index is 10.7. The fraction of sp³-hybridized carbons (Fsp3) is 0.286. The molecule has 0 atom stereocenters. The fourth-order valence-electron chi connectivity index (χ4n) is 1.02. The maximum Gasteiger partial charge on any atom is 0.137 e. The van der Waals surface area contributed by atoms with Gasteiger partial charge in [0.1, 0.15) is 5.94 Å². The van der Waals surface area contributed by atoms with Gasteiger partial charge in [0.2, 0.25) is 0 Å². The van der Waals surface area contributed by atoms with Gasteiger partial charge in [-0.05, 0) is 12.1 Å². The van der Waals surface area contributed by atoms with Gasteiger partial charge in [-0.15, -0.1) is 0 Å². The highest BCUT2D eigenvalue weighted by molar-refractivity contribution is 5.63. The number of hydrogen-bond donors (Lipinski definition) is 0. The lowest BCUT2D eigenvalue weighted by atomic mass is 9.88. The van der Waals surface area contributed by atoms with Crippen molar-refractivity contribution in [1.29, 1.82) is 0 Å². The van der Waals surface area contributed by atoms with E-state index in [9.17, 15) is 4.79 Å². The number of rotatable bonds is 0. The predicted molar refractivity (Wildman–Crippen MR) is 62.0 cm³/mol. The highest BCUT2D eigenvalue weighted by Gasteiger charge is 2.15. The first-order valence-corrected chi connectivity index (χ1v) is 4.86. The summed E-state index contributed by atoms with van der Waals surface area (Å²) in [6.07, 6.45) is 0. The summed E-state index contributed by atoms with van der Waals surface area (Å²) in [6.45, 7) is 5.85. The van der Waals surface area contributed by atoms with Gasteiger partial charge in [-0.2, -0.15) is 0 Å². The lowest BCUT2D eigenvalue weighted by molar-refractivity contribution is 0.512. The molecule has 1 nitrogen and oxygen atoms in total. The summed E-state index contributed by atoms with van der Waals surface area (Å²) in [7, 11) is 0. The van der Waals surface area contributed by atoms with Gasteiger partial charge >= 0.3 is 0 Å². The molecule has 0 aliphatic carbocycles. The third-order valence-electron chi connectivity index (χ3n) is 1.96. The SMILES string of the molecule is CC(C)(C)C(=C=O)C#Cc1ccccc1. The Hall–Kier alpha value is -1.77. The molecule has 0 unspecified atom stereocenters. The molecule has 15 heavy (non-hydrogen) atoms. The molecule has 0 aliphatic rings. The molecule has 0 amide bonds. The van der Waals surface area contributed by atoms with Crippen LogP contribution in [0.15, 0.2) is 35.9 Å². The lowest BCUT2D eigenvalue weighted by Gasteiger charge is -2.13. The minimum atomic E-state index is -0.233. The first-order valence-electron chi connectivity index (χ1n) is 4.86. The minimum absolute atomic E-state index is 0.233. The minimum Gasteiger partial charge on any atom is -0.232 e. The molecule has 0 fully saturated rings. The Morgan fingerprint density at radius 3 is 2.20 bits per heavy atom. The summed E-state index contributed by atoms with van der Waals surface area (Å²) in [5.41, 5.74) is 1.18. The van der Waals surface area contributed by atoms with Crippen LogP contribution in [0.5, 0.6) is 0 Å². The van der Waals surface area contributed by atoms with Crippen molar-refractivity contribution in [1.82, 2.24) is 0 Å². The Balaban J connectivity index is 2.97. The van der Waals surface area contributed by atoms with Crippen molar-refractivity contribution in [2.75, 3.05) is 0 Å². The van der Waals surface area contributed by atoms with Crippen LogP contribution in [0.4, 0.5) is 0 Å². The summed E-state index contributed by atoms with van der Waals surface area (Å²) in [4.78, 5) is 10.7. The van der Waals surface area contributed by atoms with Crippen molar-refractivity contribution in [3.63, 3.8) is 0 Å².